The maximum absolute atomic E-state index is 12.1. The van der Waals surface area contributed by atoms with Gasteiger partial charge in [0, 0.05) is 17.4 Å². The van der Waals surface area contributed by atoms with Crippen molar-refractivity contribution in [3.05, 3.63) is 53.9 Å². The highest BCUT2D eigenvalue weighted by molar-refractivity contribution is 6.01. The number of hydrogen-bond donors (Lipinski definition) is 4. The number of pyridine rings is 1. The van der Waals surface area contributed by atoms with Crippen molar-refractivity contribution in [3.63, 3.8) is 0 Å². The molecule has 0 radical (unpaired) electrons. The van der Waals surface area contributed by atoms with Crippen LogP contribution in [0.1, 0.15) is 30.9 Å². The minimum Gasteiger partial charge on any atom is -0.308 e. The van der Waals surface area contributed by atoms with Crippen LogP contribution < -0.4 is 21.6 Å². The lowest BCUT2D eigenvalue weighted by Gasteiger charge is -2.10. The number of urea groups is 1. The van der Waals surface area contributed by atoms with Crippen LogP contribution in [-0.2, 0) is 0 Å². The SMILES string of the molecule is CCCCN1N=C(c2ccc(NC(=O)Nc3cnccc3C)cc2)NN1. The number of hydrogen-bond acceptors (Lipinski definition) is 6. The summed E-state index contributed by atoms with van der Waals surface area (Å²) in [7, 11) is 0. The molecule has 0 aliphatic carbocycles. The molecule has 0 saturated carbocycles. The molecule has 4 N–H and O–H groups in total. The molecule has 1 aromatic carbocycles. The van der Waals surface area contributed by atoms with Gasteiger partial charge in [0.05, 0.1) is 18.4 Å². The van der Waals surface area contributed by atoms with Gasteiger partial charge in [0.1, 0.15) is 0 Å². The largest absolute Gasteiger partial charge is 0.323 e. The molecule has 136 valence electrons. The first-order valence-corrected chi connectivity index (χ1v) is 8.62. The Morgan fingerprint density at radius 2 is 2.00 bits per heavy atom. The molecular formula is C18H23N7O. The Balaban J connectivity index is 1.58. The maximum atomic E-state index is 12.1. The number of unbranched alkanes of at least 4 members (excludes halogenated alkanes) is 1. The first-order chi connectivity index (χ1) is 12.7. The van der Waals surface area contributed by atoms with Gasteiger partial charge in [-0.25, -0.2) is 9.91 Å². The van der Waals surface area contributed by atoms with Gasteiger partial charge in [0.15, 0.2) is 5.84 Å². The third-order valence-corrected chi connectivity index (χ3v) is 3.95. The topological polar surface area (TPSA) is 93.7 Å². The van der Waals surface area contributed by atoms with Crippen molar-refractivity contribution in [1.82, 2.24) is 21.1 Å². The first-order valence-electron chi connectivity index (χ1n) is 8.62. The summed E-state index contributed by atoms with van der Waals surface area (Å²) < 4.78 is 0. The van der Waals surface area contributed by atoms with Crippen LogP contribution in [0.25, 0.3) is 0 Å². The van der Waals surface area contributed by atoms with Crippen molar-refractivity contribution >= 4 is 23.2 Å². The molecule has 3 rings (SSSR count). The Bertz CT molecular complexity index is 788. The van der Waals surface area contributed by atoms with Crippen LogP contribution in [0.4, 0.5) is 16.2 Å². The van der Waals surface area contributed by atoms with Crippen LogP contribution in [0.5, 0.6) is 0 Å². The molecule has 2 amide bonds. The molecule has 0 saturated heterocycles. The summed E-state index contributed by atoms with van der Waals surface area (Å²) in [6.45, 7) is 4.91. The van der Waals surface area contributed by atoms with E-state index in [-0.39, 0.29) is 6.03 Å². The zero-order valence-electron chi connectivity index (χ0n) is 14.9. The number of hydrazone groups is 1. The van der Waals surface area contributed by atoms with Crippen LogP contribution in [0.3, 0.4) is 0 Å². The highest BCUT2D eigenvalue weighted by Gasteiger charge is 2.14. The molecule has 0 fully saturated rings. The molecule has 8 nitrogen and oxygen atoms in total. The van der Waals surface area contributed by atoms with E-state index in [0.29, 0.717) is 11.4 Å². The lowest BCUT2D eigenvalue weighted by Crippen LogP contribution is -2.39. The quantitative estimate of drug-likeness (QED) is 0.641. The van der Waals surface area contributed by atoms with Gasteiger partial charge in [-0.1, -0.05) is 13.3 Å². The number of hydrazine groups is 2. The van der Waals surface area contributed by atoms with E-state index in [1.165, 1.54) is 0 Å². The van der Waals surface area contributed by atoms with Gasteiger partial charge in [-0.2, -0.15) is 0 Å². The minimum absolute atomic E-state index is 0.308. The molecule has 0 spiro atoms. The van der Waals surface area contributed by atoms with E-state index in [1.54, 1.807) is 17.5 Å². The molecule has 1 aliphatic heterocycles. The van der Waals surface area contributed by atoms with E-state index >= 15 is 0 Å². The number of amides is 2. The smallest absolute Gasteiger partial charge is 0.308 e. The summed E-state index contributed by atoms with van der Waals surface area (Å²) in [4.78, 5) is 16.1. The second kappa shape index (κ2) is 8.30. The van der Waals surface area contributed by atoms with Gasteiger partial charge < -0.3 is 10.6 Å². The van der Waals surface area contributed by atoms with Gasteiger partial charge in [0.25, 0.3) is 0 Å². The number of aryl methyl sites for hydroxylation is 1. The summed E-state index contributed by atoms with van der Waals surface area (Å²) in [5, 5.41) is 11.9. The van der Waals surface area contributed by atoms with Crippen molar-refractivity contribution in [2.75, 3.05) is 17.2 Å². The Labute approximate surface area is 152 Å². The Kier molecular flexibility index (Phi) is 5.65. The number of aromatic nitrogens is 1. The average molecular weight is 353 g/mol. The molecule has 0 bridgehead atoms. The van der Waals surface area contributed by atoms with Crippen LogP contribution >= 0.6 is 0 Å². The van der Waals surface area contributed by atoms with Crippen molar-refractivity contribution < 1.29 is 4.79 Å². The Hall–Kier alpha value is -3.13. The fraction of sp³-hybridized carbons (Fsp3) is 0.278. The average Bonchev–Trinajstić information content (AvgIpc) is 3.11. The maximum Gasteiger partial charge on any atom is 0.323 e. The Morgan fingerprint density at radius 3 is 2.73 bits per heavy atom. The highest BCUT2D eigenvalue weighted by Crippen LogP contribution is 2.14. The zero-order valence-corrected chi connectivity index (χ0v) is 14.9. The van der Waals surface area contributed by atoms with Crippen molar-refractivity contribution in [2.45, 2.75) is 26.7 Å². The summed E-state index contributed by atoms with van der Waals surface area (Å²) in [6.07, 6.45) is 5.50. The molecule has 26 heavy (non-hydrogen) atoms. The second-order valence-electron chi connectivity index (χ2n) is 6.01. The van der Waals surface area contributed by atoms with Gasteiger partial charge >= 0.3 is 6.03 Å². The molecule has 8 heteroatoms. The molecule has 0 atom stereocenters. The number of nitrogens with one attached hydrogen (secondary N) is 4. The molecule has 2 aromatic rings. The number of anilines is 2. The van der Waals surface area contributed by atoms with Gasteiger partial charge in [0.2, 0.25) is 0 Å². The predicted octanol–water partition coefficient (Wildman–Crippen LogP) is 2.82. The van der Waals surface area contributed by atoms with Crippen LogP contribution in [0, 0.1) is 6.92 Å². The predicted molar refractivity (Wildman–Crippen MR) is 102 cm³/mol. The van der Waals surface area contributed by atoms with E-state index in [4.69, 9.17) is 0 Å². The summed E-state index contributed by atoms with van der Waals surface area (Å²) in [5.74, 6) is 0.753. The minimum atomic E-state index is -0.308. The van der Waals surface area contributed by atoms with E-state index in [2.05, 4.69) is 38.6 Å². The van der Waals surface area contributed by atoms with E-state index in [0.717, 1.165) is 36.3 Å². The first kappa shape index (κ1) is 17.7. The van der Waals surface area contributed by atoms with Gasteiger partial charge in [-0.05, 0) is 49.2 Å². The fourth-order valence-corrected chi connectivity index (χ4v) is 2.42. The standard InChI is InChI=1S/C18H23N7O/c1-3-4-11-25-23-17(22-24-25)14-5-7-15(8-6-14)20-18(26)21-16-12-19-10-9-13(16)2/h5-10,12,24H,3-4,11H2,1-2H3,(H,22,23)(H2,20,21,26). The summed E-state index contributed by atoms with van der Waals surface area (Å²) >= 11 is 0. The van der Waals surface area contributed by atoms with Crippen LogP contribution in [-0.4, -0.2) is 28.5 Å². The number of carbonyl (C=O) groups is 1. The number of rotatable bonds is 6. The third-order valence-electron chi connectivity index (χ3n) is 3.95. The number of benzene rings is 1. The van der Waals surface area contributed by atoms with Crippen molar-refractivity contribution in [2.24, 2.45) is 5.10 Å². The van der Waals surface area contributed by atoms with Crippen molar-refractivity contribution in [3.8, 4) is 0 Å². The fourth-order valence-electron chi connectivity index (χ4n) is 2.42. The van der Waals surface area contributed by atoms with E-state index < -0.39 is 0 Å². The summed E-state index contributed by atoms with van der Waals surface area (Å²) in [5.41, 5.74) is 9.34. The molecular weight excluding hydrogens is 330 g/mol. The number of amidine groups is 1. The highest BCUT2D eigenvalue weighted by atomic mass is 16.2. The van der Waals surface area contributed by atoms with E-state index in [9.17, 15) is 4.79 Å². The lowest BCUT2D eigenvalue weighted by atomic mass is 10.2. The molecule has 2 heterocycles. The second-order valence-corrected chi connectivity index (χ2v) is 6.01. The lowest BCUT2D eigenvalue weighted by molar-refractivity contribution is 0.203. The van der Waals surface area contributed by atoms with E-state index in [1.807, 2.05) is 37.3 Å². The normalized spacial score (nSPS) is 13.2. The summed E-state index contributed by atoms with van der Waals surface area (Å²) in [6, 6.07) is 9.02. The van der Waals surface area contributed by atoms with Crippen LogP contribution in [0.2, 0.25) is 0 Å². The molecule has 0 unspecified atom stereocenters. The van der Waals surface area contributed by atoms with Crippen LogP contribution in [0.15, 0.2) is 47.8 Å². The zero-order chi connectivity index (χ0) is 18.4. The number of nitrogens with zero attached hydrogens (tertiary/aromatic N) is 3. The van der Waals surface area contributed by atoms with Gasteiger partial charge in [-0.15, -0.1) is 10.6 Å². The molecule has 1 aliphatic rings. The molecule has 1 aromatic heterocycles. The Morgan fingerprint density at radius 1 is 1.19 bits per heavy atom. The number of carbonyl (C=O) groups excluding carboxylic acids is 1. The monoisotopic (exact) mass is 353 g/mol. The third kappa shape index (κ3) is 4.48. The van der Waals surface area contributed by atoms with Gasteiger partial charge in [-0.3, -0.25) is 10.4 Å². The van der Waals surface area contributed by atoms with Crippen molar-refractivity contribution in [1.29, 1.82) is 0 Å².